The van der Waals surface area contributed by atoms with Crippen molar-refractivity contribution in [2.45, 2.75) is 38.0 Å². The lowest BCUT2D eigenvalue weighted by atomic mass is 9.83. The van der Waals surface area contributed by atoms with Gasteiger partial charge in [0.1, 0.15) is 0 Å². The first-order valence-corrected chi connectivity index (χ1v) is 7.68. The summed E-state index contributed by atoms with van der Waals surface area (Å²) in [5.74, 6) is -0.190. The van der Waals surface area contributed by atoms with Crippen LogP contribution < -0.4 is 0 Å². The molecule has 0 aromatic heterocycles. The van der Waals surface area contributed by atoms with Gasteiger partial charge in [0.2, 0.25) is 0 Å². The maximum atomic E-state index is 11.3. The third kappa shape index (κ3) is 2.99. The zero-order valence-corrected chi connectivity index (χ0v) is 12.1. The van der Waals surface area contributed by atoms with Crippen LogP contribution in [-0.2, 0) is 0 Å². The van der Waals surface area contributed by atoms with Crippen LogP contribution in [0.5, 0.6) is 0 Å². The Morgan fingerprint density at radius 3 is 2.24 bits per heavy atom. The molecule has 108 valence electrons. The number of hydrogen-bond acceptors (Lipinski definition) is 1. The van der Waals surface area contributed by atoms with Crippen LogP contribution in [0.15, 0.2) is 48.5 Å². The Bertz CT molecular complexity index is 622. The van der Waals surface area contributed by atoms with Crippen molar-refractivity contribution in [3.8, 4) is 11.1 Å². The van der Waals surface area contributed by atoms with Crippen molar-refractivity contribution in [1.29, 1.82) is 0 Å². The molecule has 1 aliphatic carbocycles. The van der Waals surface area contributed by atoms with Crippen LogP contribution in [0.3, 0.4) is 0 Å². The van der Waals surface area contributed by atoms with Crippen molar-refractivity contribution in [1.82, 2.24) is 0 Å². The highest BCUT2D eigenvalue weighted by Crippen LogP contribution is 2.34. The van der Waals surface area contributed by atoms with Crippen molar-refractivity contribution in [3.63, 3.8) is 0 Å². The first-order chi connectivity index (χ1) is 10.3. The molecule has 0 radical (unpaired) electrons. The summed E-state index contributed by atoms with van der Waals surface area (Å²) in [7, 11) is 0. The highest BCUT2D eigenvalue weighted by atomic mass is 16.4. The molecule has 0 saturated heterocycles. The number of carbonyl (C=O) groups is 1. The van der Waals surface area contributed by atoms with E-state index in [-0.39, 0.29) is 0 Å². The molecule has 1 N–H and O–H groups in total. The van der Waals surface area contributed by atoms with Gasteiger partial charge in [0.05, 0.1) is 5.56 Å². The summed E-state index contributed by atoms with van der Waals surface area (Å²) in [5, 5.41) is 9.29. The van der Waals surface area contributed by atoms with E-state index in [1.807, 2.05) is 12.1 Å². The maximum Gasteiger partial charge on any atom is 0.336 e. The lowest BCUT2D eigenvalue weighted by Crippen LogP contribution is -2.04. The zero-order valence-electron chi connectivity index (χ0n) is 12.1. The van der Waals surface area contributed by atoms with Crippen molar-refractivity contribution in [2.24, 2.45) is 0 Å². The summed E-state index contributed by atoms with van der Waals surface area (Å²) in [6.45, 7) is 0. The van der Waals surface area contributed by atoms with Crippen molar-refractivity contribution < 1.29 is 9.90 Å². The summed E-state index contributed by atoms with van der Waals surface area (Å²) in [6.07, 6.45) is 6.58. The molecule has 2 nitrogen and oxygen atoms in total. The highest BCUT2D eigenvalue weighted by Gasteiger charge is 2.16. The van der Waals surface area contributed by atoms with E-state index in [0.717, 1.165) is 11.1 Å². The monoisotopic (exact) mass is 280 g/mol. The van der Waals surface area contributed by atoms with E-state index < -0.39 is 5.97 Å². The van der Waals surface area contributed by atoms with Gasteiger partial charge >= 0.3 is 5.97 Å². The van der Waals surface area contributed by atoms with Crippen LogP contribution in [-0.4, -0.2) is 11.1 Å². The molecule has 0 heterocycles. The molecule has 0 spiro atoms. The fraction of sp³-hybridized carbons (Fsp3) is 0.316. The summed E-state index contributed by atoms with van der Waals surface area (Å²) in [6, 6.07) is 15.7. The van der Waals surface area contributed by atoms with Gasteiger partial charge < -0.3 is 5.11 Å². The molecule has 1 saturated carbocycles. The fourth-order valence-electron chi connectivity index (χ4n) is 3.29. The minimum atomic E-state index is -0.873. The average Bonchev–Trinajstić information content (AvgIpc) is 2.56. The summed E-state index contributed by atoms with van der Waals surface area (Å²) in [5.41, 5.74) is 3.53. The Labute approximate surface area is 125 Å². The van der Waals surface area contributed by atoms with E-state index in [0.29, 0.717) is 11.5 Å². The summed E-state index contributed by atoms with van der Waals surface area (Å²) >= 11 is 0. The van der Waals surface area contributed by atoms with E-state index in [1.54, 1.807) is 12.1 Å². The second kappa shape index (κ2) is 6.13. The Hall–Kier alpha value is -2.09. The van der Waals surface area contributed by atoms with Gasteiger partial charge in [-0.05, 0) is 41.5 Å². The molecule has 1 aliphatic rings. The largest absolute Gasteiger partial charge is 0.478 e. The number of hydrogen-bond donors (Lipinski definition) is 1. The van der Waals surface area contributed by atoms with Gasteiger partial charge in [0, 0.05) is 0 Å². The van der Waals surface area contributed by atoms with E-state index in [1.165, 1.54) is 37.7 Å². The fourth-order valence-corrected chi connectivity index (χ4v) is 3.29. The lowest BCUT2D eigenvalue weighted by molar-refractivity contribution is 0.0697. The van der Waals surface area contributed by atoms with E-state index >= 15 is 0 Å². The van der Waals surface area contributed by atoms with Crippen LogP contribution >= 0.6 is 0 Å². The first-order valence-electron chi connectivity index (χ1n) is 7.68. The Balaban J connectivity index is 1.89. The third-order valence-electron chi connectivity index (χ3n) is 4.46. The van der Waals surface area contributed by atoms with Crippen LogP contribution in [0.4, 0.5) is 0 Å². The van der Waals surface area contributed by atoms with Crippen molar-refractivity contribution >= 4 is 5.97 Å². The van der Waals surface area contributed by atoms with E-state index in [4.69, 9.17) is 0 Å². The average molecular weight is 280 g/mol. The topological polar surface area (TPSA) is 37.3 Å². The minimum Gasteiger partial charge on any atom is -0.478 e. The molecule has 21 heavy (non-hydrogen) atoms. The van der Waals surface area contributed by atoms with Crippen LogP contribution in [0.1, 0.15) is 53.9 Å². The lowest BCUT2D eigenvalue weighted by Gasteiger charge is -2.22. The van der Waals surface area contributed by atoms with Gasteiger partial charge in [0.25, 0.3) is 0 Å². The van der Waals surface area contributed by atoms with Gasteiger partial charge in [-0.15, -0.1) is 0 Å². The zero-order chi connectivity index (χ0) is 14.7. The van der Waals surface area contributed by atoms with Gasteiger partial charge in [-0.1, -0.05) is 61.7 Å². The SMILES string of the molecule is O=C(O)c1ccccc1-c1ccc(C2CCCCC2)cc1. The molecular formula is C19H20O2. The van der Waals surface area contributed by atoms with Gasteiger partial charge in [-0.25, -0.2) is 4.79 Å². The number of benzene rings is 2. The van der Waals surface area contributed by atoms with Gasteiger partial charge in [-0.2, -0.15) is 0 Å². The molecule has 0 bridgehead atoms. The van der Waals surface area contributed by atoms with E-state index in [2.05, 4.69) is 24.3 Å². The number of carboxylic acids is 1. The normalized spacial score (nSPS) is 15.8. The van der Waals surface area contributed by atoms with Gasteiger partial charge in [0.15, 0.2) is 0 Å². The Kier molecular flexibility index (Phi) is 4.05. The summed E-state index contributed by atoms with van der Waals surface area (Å²) in [4.78, 5) is 11.3. The first kappa shape index (κ1) is 13.9. The number of carboxylic acid groups (broad SMARTS) is 1. The third-order valence-corrected chi connectivity index (χ3v) is 4.46. The van der Waals surface area contributed by atoms with Crippen LogP contribution in [0, 0.1) is 0 Å². The maximum absolute atomic E-state index is 11.3. The number of rotatable bonds is 3. The molecule has 0 unspecified atom stereocenters. The molecule has 2 heteroatoms. The van der Waals surface area contributed by atoms with Crippen molar-refractivity contribution in [2.75, 3.05) is 0 Å². The molecule has 0 aliphatic heterocycles. The second-order valence-electron chi connectivity index (χ2n) is 5.81. The molecule has 1 fully saturated rings. The van der Waals surface area contributed by atoms with Crippen molar-refractivity contribution in [3.05, 3.63) is 59.7 Å². The van der Waals surface area contributed by atoms with E-state index in [9.17, 15) is 9.90 Å². The molecular weight excluding hydrogens is 260 g/mol. The van der Waals surface area contributed by atoms with Gasteiger partial charge in [-0.3, -0.25) is 0 Å². The van der Waals surface area contributed by atoms with Crippen LogP contribution in [0.2, 0.25) is 0 Å². The predicted molar refractivity (Wildman–Crippen MR) is 84.7 cm³/mol. The minimum absolute atomic E-state index is 0.364. The summed E-state index contributed by atoms with van der Waals surface area (Å²) < 4.78 is 0. The molecule has 2 aromatic carbocycles. The quantitative estimate of drug-likeness (QED) is 0.849. The standard InChI is InChI=1S/C19H20O2/c20-19(21)18-9-5-4-8-17(18)16-12-10-15(11-13-16)14-6-2-1-3-7-14/h4-5,8-14H,1-3,6-7H2,(H,20,21). The smallest absolute Gasteiger partial charge is 0.336 e. The molecule has 0 atom stereocenters. The highest BCUT2D eigenvalue weighted by molar-refractivity contribution is 5.95. The number of aromatic carboxylic acids is 1. The Morgan fingerprint density at radius 2 is 1.57 bits per heavy atom. The molecule has 3 rings (SSSR count). The molecule has 2 aromatic rings. The Morgan fingerprint density at radius 1 is 0.905 bits per heavy atom. The van der Waals surface area contributed by atoms with Crippen LogP contribution in [0.25, 0.3) is 11.1 Å². The molecule has 0 amide bonds. The predicted octanol–water partition coefficient (Wildman–Crippen LogP) is 5.10. The second-order valence-corrected chi connectivity index (χ2v) is 5.81.